The standard InChI is InChI=1S/C14H20ClN3/c15-12-6-3-4-10(12)8-16-14-11-5-1-2-7-13(11)17-9-18-14/h9-10,12H,1-8H2,(H,16,17,18). The van der Waals surface area contributed by atoms with Crippen LogP contribution in [0, 0.1) is 5.92 Å². The van der Waals surface area contributed by atoms with Crippen molar-refractivity contribution in [2.75, 3.05) is 11.9 Å². The van der Waals surface area contributed by atoms with Gasteiger partial charge in [-0.1, -0.05) is 6.42 Å². The zero-order valence-electron chi connectivity index (χ0n) is 10.7. The molecular weight excluding hydrogens is 246 g/mol. The van der Waals surface area contributed by atoms with Crippen molar-refractivity contribution in [1.82, 2.24) is 9.97 Å². The first-order valence-electron chi connectivity index (χ1n) is 7.05. The van der Waals surface area contributed by atoms with Gasteiger partial charge < -0.3 is 5.32 Å². The van der Waals surface area contributed by atoms with E-state index in [2.05, 4.69) is 15.3 Å². The largest absolute Gasteiger partial charge is 0.369 e. The highest BCUT2D eigenvalue weighted by molar-refractivity contribution is 6.20. The van der Waals surface area contributed by atoms with Crippen molar-refractivity contribution in [2.45, 2.75) is 50.3 Å². The van der Waals surface area contributed by atoms with Crippen molar-refractivity contribution in [3.8, 4) is 0 Å². The molecule has 1 saturated carbocycles. The molecule has 2 aliphatic rings. The van der Waals surface area contributed by atoms with Crippen LogP contribution in [0.2, 0.25) is 0 Å². The molecule has 4 heteroatoms. The van der Waals surface area contributed by atoms with E-state index in [0.29, 0.717) is 11.3 Å². The Labute approximate surface area is 113 Å². The molecule has 2 unspecified atom stereocenters. The summed E-state index contributed by atoms with van der Waals surface area (Å²) in [5.74, 6) is 1.65. The molecule has 1 heterocycles. The average molecular weight is 266 g/mol. The van der Waals surface area contributed by atoms with Crippen molar-refractivity contribution in [1.29, 1.82) is 0 Å². The van der Waals surface area contributed by atoms with Crippen molar-refractivity contribution >= 4 is 17.4 Å². The van der Waals surface area contributed by atoms with E-state index in [4.69, 9.17) is 11.6 Å². The van der Waals surface area contributed by atoms with Gasteiger partial charge in [0.1, 0.15) is 12.1 Å². The molecule has 1 aromatic heterocycles. The van der Waals surface area contributed by atoms with Crippen LogP contribution in [0.4, 0.5) is 5.82 Å². The molecule has 1 fully saturated rings. The van der Waals surface area contributed by atoms with Gasteiger partial charge in [0, 0.05) is 23.2 Å². The fraction of sp³-hybridized carbons (Fsp3) is 0.714. The van der Waals surface area contributed by atoms with Crippen LogP contribution in [0.15, 0.2) is 6.33 Å². The molecule has 0 spiro atoms. The van der Waals surface area contributed by atoms with Crippen LogP contribution in [-0.4, -0.2) is 21.9 Å². The van der Waals surface area contributed by atoms with Gasteiger partial charge >= 0.3 is 0 Å². The Hall–Kier alpha value is -0.830. The second-order valence-corrected chi connectivity index (χ2v) is 6.00. The maximum Gasteiger partial charge on any atom is 0.132 e. The quantitative estimate of drug-likeness (QED) is 0.853. The van der Waals surface area contributed by atoms with Crippen LogP contribution in [0.5, 0.6) is 0 Å². The number of hydrogen-bond donors (Lipinski definition) is 1. The summed E-state index contributed by atoms with van der Waals surface area (Å²) in [5, 5.41) is 3.85. The third kappa shape index (κ3) is 2.46. The van der Waals surface area contributed by atoms with Gasteiger partial charge in [0.15, 0.2) is 0 Å². The van der Waals surface area contributed by atoms with Crippen LogP contribution >= 0.6 is 11.6 Å². The van der Waals surface area contributed by atoms with E-state index in [1.807, 2.05) is 0 Å². The summed E-state index contributed by atoms with van der Waals surface area (Å²) < 4.78 is 0. The Kier molecular flexibility index (Phi) is 3.69. The summed E-state index contributed by atoms with van der Waals surface area (Å²) >= 11 is 6.32. The Bertz CT molecular complexity index is 422. The second-order valence-electron chi connectivity index (χ2n) is 5.44. The first-order valence-corrected chi connectivity index (χ1v) is 7.49. The summed E-state index contributed by atoms with van der Waals surface area (Å²) in [6.07, 6.45) is 10.1. The van der Waals surface area contributed by atoms with E-state index in [9.17, 15) is 0 Å². The highest BCUT2D eigenvalue weighted by atomic mass is 35.5. The highest BCUT2D eigenvalue weighted by Crippen LogP contribution is 2.31. The molecule has 98 valence electrons. The molecule has 3 rings (SSSR count). The van der Waals surface area contributed by atoms with E-state index in [1.165, 1.54) is 36.9 Å². The minimum absolute atomic E-state index is 0.343. The molecule has 0 amide bonds. The Morgan fingerprint density at radius 3 is 2.89 bits per heavy atom. The number of alkyl halides is 1. The van der Waals surface area contributed by atoms with Crippen LogP contribution in [0.1, 0.15) is 43.4 Å². The van der Waals surface area contributed by atoms with Gasteiger partial charge in [-0.05, 0) is 44.4 Å². The third-order valence-corrected chi connectivity index (χ3v) is 4.80. The number of nitrogens with one attached hydrogen (secondary N) is 1. The van der Waals surface area contributed by atoms with Crippen molar-refractivity contribution in [2.24, 2.45) is 5.92 Å². The number of rotatable bonds is 3. The third-order valence-electron chi connectivity index (χ3n) is 4.22. The SMILES string of the molecule is ClC1CCCC1CNc1ncnc2c1CCCC2. The summed E-state index contributed by atoms with van der Waals surface area (Å²) in [4.78, 5) is 8.81. The molecule has 1 N–H and O–H groups in total. The minimum atomic E-state index is 0.343. The van der Waals surface area contributed by atoms with E-state index in [-0.39, 0.29) is 0 Å². The summed E-state index contributed by atoms with van der Waals surface area (Å²) in [6.45, 7) is 0.956. The van der Waals surface area contributed by atoms with Crippen LogP contribution in [-0.2, 0) is 12.8 Å². The summed E-state index contributed by atoms with van der Waals surface area (Å²) in [5.41, 5.74) is 2.58. The molecule has 1 aromatic rings. The van der Waals surface area contributed by atoms with Crippen LogP contribution in [0.3, 0.4) is 0 Å². The fourth-order valence-electron chi connectivity index (χ4n) is 3.12. The lowest BCUT2D eigenvalue weighted by atomic mass is 9.96. The number of nitrogens with zero attached hydrogens (tertiary/aromatic N) is 2. The zero-order chi connectivity index (χ0) is 12.4. The molecule has 18 heavy (non-hydrogen) atoms. The van der Waals surface area contributed by atoms with Gasteiger partial charge in [-0.25, -0.2) is 9.97 Å². The molecule has 0 radical (unpaired) electrons. The number of fused-ring (bicyclic) bond motifs is 1. The van der Waals surface area contributed by atoms with Crippen LogP contribution in [0.25, 0.3) is 0 Å². The van der Waals surface area contributed by atoms with Gasteiger partial charge in [0.25, 0.3) is 0 Å². The molecule has 2 atom stereocenters. The predicted octanol–water partition coefficient (Wildman–Crippen LogP) is 3.17. The zero-order valence-corrected chi connectivity index (χ0v) is 11.4. The second kappa shape index (κ2) is 5.43. The van der Waals surface area contributed by atoms with E-state index in [1.54, 1.807) is 6.33 Å². The number of aromatic nitrogens is 2. The number of hydrogen-bond acceptors (Lipinski definition) is 3. The summed E-state index contributed by atoms with van der Waals surface area (Å²) in [6, 6.07) is 0. The molecule has 0 aromatic carbocycles. The lowest BCUT2D eigenvalue weighted by Crippen LogP contribution is -2.20. The molecular formula is C14H20ClN3. The van der Waals surface area contributed by atoms with Crippen molar-refractivity contribution in [3.63, 3.8) is 0 Å². The molecule has 0 saturated heterocycles. The maximum absolute atomic E-state index is 6.32. The van der Waals surface area contributed by atoms with Gasteiger partial charge in [-0.15, -0.1) is 11.6 Å². The van der Waals surface area contributed by atoms with E-state index in [0.717, 1.165) is 31.6 Å². The Balaban J connectivity index is 1.69. The van der Waals surface area contributed by atoms with Gasteiger partial charge in [0.2, 0.25) is 0 Å². The Morgan fingerprint density at radius 1 is 1.17 bits per heavy atom. The molecule has 3 nitrogen and oxygen atoms in total. The number of halogens is 1. The lowest BCUT2D eigenvalue weighted by Gasteiger charge is -2.20. The monoisotopic (exact) mass is 265 g/mol. The number of aryl methyl sites for hydroxylation is 1. The van der Waals surface area contributed by atoms with Gasteiger partial charge in [-0.2, -0.15) is 0 Å². The van der Waals surface area contributed by atoms with E-state index >= 15 is 0 Å². The molecule has 0 bridgehead atoms. The fourth-order valence-corrected chi connectivity index (χ4v) is 3.49. The first kappa shape index (κ1) is 12.2. The number of anilines is 1. The van der Waals surface area contributed by atoms with Gasteiger partial charge in [-0.3, -0.25) is 0 Å². The lowest BCUT2D eigenvalue weighted by molar-refractivity contribution is 0.583. The molecule has 2 aliphatic carbocycles. The molecule has 0 aliphatic heterocycles. The smallest absolute Gasteiger partial charge is 0.132 e. The van der Waals surface area contributed by atoms with Crippen molar-refractivity contribution in [3.05, 3.63) is 17.6 Å². The van der Waals surface area contributed by atoms with Crippen molar-refractivity contribution < 1.29 is 0 Å². The highest BCUT2D eigenvalue weighted by Gasteiger charge is 2.25. The maximum atomic E-state index is 6.32. The predicted molar refractivity (Wildman–Crippen MR) is 74.1 cm³/mol. The van der Waals surface area contributed by atoms with Crippen LogP contribution < -0.4 is 5.32 Å². The normalized spacial score (nSPS) is 26.9. The average Bonchev–Trinajstić information content (AvgIpc) is 2.82. The Morgan fingerprint density at radius 2 is 2.06 bits per heavy atom. The summed E-state index contributed by atoms with van der Waals surface area (Å²) in [7, 11) is 0. The van der Waals surface area contributed by atoms with Gasteiger partial charge in [0.05, 0.1) is 0 Å². The first-order chi connectivity index (χ1) is 8.84. The minimum Gasteiger partial charge on any atom is -0.369 e. The topological polar surface area (TPSA) is 37.8 Å². The van der Waals surface area contributed by atoms with E-state index < -0.39 is 0 Å².